The lowest BCUT2D eigenvalue weighted by atomic mass is 10.0. The number of nitrogens with zero attached hydrogens (tertiary/aromatic N) is 3. The van der Waals surface area contributed by atoms with Crippen molar-refractivity contribution in [3.8, 4) is 0 Å². The van der Waals surface area contributed by atoms with Crippen LogP contribution in [-0.4, -0.2) is 5.11 Å². The van der Waals surface area contributed by atoms with Crippen molar-refractivity contribution in [1.82, 2.24) is 0 Å². The van der Waals surface area contributed by atoms with Crippen LogP contribution in [0.1, 0.15) is 18.9 Å². The fourth-order valence-electron chi connectivity index (χ4n) is 1.11. The summed E-state index contributed by atoms with van der Waals surface area (Å²) in [6, 6.07) is 8.90. The molecule has 1 unspecified atom stereocenters. The van der Waals surface area contributed by atoms with Gasteiger partial charge >= 0.3 is 0 Å². The third-order valence-corrected chi connectivity index (χ3v) is 1.94. The van der Waals surface area contributed by atoms with E-state index in [0.29, 0.717) is 12.0 Å². The highest BCUT2D eigenvalue weighted by Gasteiger charge is 2.24. The van der Waals surface area contributed by atoms with Gasteiger partial charge in [-0.3, -0.25) is 0 Å². The van der Waals surface area contributed by atoms with Gasteiger partial charge in [0, 0.05) is 4.91 Å². The average Bonchev–Trinajstić information content (AvgIpc) is 2.19. The van der Waals surface area contributed by atoms with E-state index in [1.54, 1.807) is 31.2 Å². The first kappa shape index (κ1) is 9.58. The van der Waals surface area contributed by atoms with Crippen LogP contribution in [0.2, 0.25) is 0 Å². The number of azide groups is 1. The molecule has 0 aliphatic carbocycles. The van der Waals surface area contributed by atoms with E-state index in [0.717, 1.165) is 0 Å². The zero-order valence-electron chi connectivity index (χ0n) is 7.38. The Morgan fingerprint density at radius 3 is 2.54 bits per heavy atom. The molecule has 0 radical (unpaired) electrons. The lowest BCUT2D eigenvalue weighted by Crippen LogP contribution is -2.20. The summed E-state index contributed by atoms with van der Waals surface area (Å²) in [5, 5.41) is 13.3. The largest absolute Gasteiger partial charge is 0.379 e. The van der Waals surface area contributed by atoms with Crippen LogP contribution in [0.4, 0.5) is 0 Å². The summed E-state index contributed by atoms with van der Waals surface area (Å²) < 4.78 is 0. The SMILES string of the molecule is CCC(O)(N=[N+]=[N-])c1ccccc1. The minimum atomic E-state index is -1.41. The first-order chi connectivity index (χ1) is 6.23. The number of rotatable bonds is 3. The highest BCUT2D eigenvalue weighted by Crippen LogP contribution is 2.25. The average molecular weight is 177 g/mol. The Labute approximate surface area is 76.5 Å². The Morgan fingerprint density at radius 1 is 1.46 bits per heavy atom. The van der Waals surface area contributed by atoms with Crippen LogP contribution >= 0.6 is 0 Å². The predicted molar refractivity (Wildman–Crippen MR) is 49.8 cm³/mol. The molecule has 0 spiro atoms. The molecule has 0 fully saturated rings. The zero-order chi connectivity index (χ0) is 9.73. The molecule has 1 N–H and O–H groups in total. The van der Waals surface area contributed by atoms with Gasteiger partial charge in [-0.2, -0.15) is 0 Å². The molecule has 13 heavy (non-hydrogen) atoms. The maximum atomic E-state index is 9.87. The number of aliphatic hydroxyl groups is 1. The molecule has 0 aliphatic rings. The molecule has 1 aromatic carbocycles. The van der Waals surface area contributed by atoms with Crippen LogP contribution in [0, 0.1) is 0 Å². The number of hydrogen-bond donors (Lipinski definition) is 1. The van der Waals surface area contributed by atoms with E-state index in [1.165, 1.54) is 0 Å². The fraction of sp³-hybridized carbons (Fsp3) is 0.333. The molecular weight excluding hydrogens is 166 g/mol. The van der Waals surface area contributed by atoms with Crippen molar-refractivity contribution in [3.63, 3.8) is 0 Å². The van der Waals surface area contributed by atoms with Gasteiger partial charge < -0.3 is 5.11 Å². The molecule has 1 aromatic rings. The van der Waals surface area contributed by atoms with Crippen molar-refractivity contribution in [2.24, 2.45) is 5.11 Å². The van der Waals surface area contributed by atoms with Crippen LogP contribution in [0.25, 0.3) is 10.4 Å². The van der Waals surface area contributed by atoms with Gasteiger partial charge in [-0.1, -0.05) is 42.4 Å². The molecule has 68 valence electrons. The van der Waals surface area contributed by atoms with E-state index in [4.69, 9.17) is 5.53 Å². The van der Waals surface area contributed by atoms with Crippen LogP contribution in [0.3, 0.4) is 0 Å². The number of benzene rings is 1. The van der Waals surface area contributed by atoms with Gasteiger partial charge in [0.2, 0.25) is 0 Å². The van der Waals surface area contributed by atoms with Gasteiger partial charge in [-0.15, -0.1) is 0 Å². The molecule has 0 aliphatic heterocycles. The Hall–Kier alpha value is -1.51. The minimum Gasteiger partial charge on any atom is -0.379 e. The molecule has 0 saturated heterocycles. The van der Waals surface area contributed by atoms with E-state index in [1.807, 2.05) is 6.07 Å². The maximum Gasteiger partial charge on any atom is 0.168 e. The molecular formula is C9H11N3O. The van der Waals surface area contributed by atoms with E-state index >= 15 is 0 Å². The lowest BCUT2D eigenvalue weighted by Gasteiger charge is -2.20. The van der Waals surface area contributed by atoms with Gasteiger partial charge in [-0.25, -0.2) is 0 Å². The fourth-order valence-corrected chi connectivity index (χ4v) is 1.11. The van der Waals surface area contributed by atoms with Crippen LogP contribution in [0.5, 0.6) is 0 Å². The minimum absolute atomic E-state index is 0.362. The van der Waals surface area contributed by atoms with Gasteiger partial charge in [0.05, 0.1) is 0 Å². The van der Waals surface area contributed by atoms with E-state index in [9.17, 15) is 5.11 Å². The Kier molecular flexibility index (Phi) is 2.90. The summed E-state index contributed by atoms with van der Waals surface area (Å²) in [5.74, 6) is 0. The van der Waals surface area contributed by atoms with E-state index in [-0.39, 0.29) is 0 Å². The van der Waals surface area contributed by atoms with Crippen LogP contribution in [-0.2, 0) is 5.72 Å². The summed E-state index contributed by atoms with van der Waals surface area (Å²) in [6.07, 6.45) is 0.362. The van der Waals surface area contributed by atoms with Crippen molar-refractivity contribution in [3.05, 3.63) is 46.3 Å². The Bertz CT molecular complexity index is 319. The van der Waals surface area contributed by atoms with Crippen molar-refractivity contribution in [1.29, 1.82) is 0 Å². The summed E-state index contributed by atoms with van der Waals surface area (Å²) in [4.78, 5) is 2.63. The molecule has 0 aromatic heterocycles. The first-order valence-electron chi connectivity index (χ1n) is 4.07. The quantitative estimate of drug-likeness (QED) is 0.430. The number of hydrogen-bond acceptors (Lipinski definition) is 2. The normalized spacial score (nSPS) is 14.3. The summed E-state index contributed by atoms with van der Waals surface area (Å²) in [5.41, 5.74) is 7.51. The molecule has 0 heterocycles. The van der Waals surface area contributed by atoms with Gasteiger partial charge in [-0.05, 0) is 17.5 Å². The van der Waals surface area contributed by atoms with Crippen molar-refractivity contribution >= 4 is 0 Å². The molecule has 0 amide bonds. The highest BCUT2D eigenvalue weighted by atomic mass is 16.3. The second kappa shape index (κ2) is 3.94. The molecule has 0 bridgehead atoms. The monoisotopic (exact) mass is 177 g/mol. The van der Waals surface area contributed by atoms with Crippen LogP contribution < -0.4 is 0 Å². The van der Waals surface area contributed by atoms with E-state index in [2.05, 4.69) is 10.0 Å². The van der Waals surface area contributed by atoms with Crippen molar-refractivity contribution in [2.75, 3.05) is 0 Å². The van der Waals surface area contributed by atoms with Crippen molar-refractivity contribution < 1.29 is 5.11 Å². The first-order valence-corrected chi connectivity index (χ1v) is 4.07. The molecule has 1 atom stereocenters. The Balaban J connectivity index is 3.10. The predicted octanol–water partition coefficient (Wildman–Crippen LogP) is 2.55. The molecule has 0 saturated carbocycles. The smallest absolute Gasteiger partial charge is 0.168 e. The summed E-state index contributed by atoms with van der Waals surface area (Å²) in [7, 11) is 0. The van der Waals surface area contributed by atoms with Gasteiger partial charge in [0.15, 0.2) is 5.72 Å². The van der Waals surface area contributed by atoms with Gasteiger partial charge in [0.1, 0.15) is 0 Å². The second-order valence-electron chi connectivity index (χ2n) is 2.73. The third-order valence-electron chi connectivity index (χ3n) is 1.94. The topological polar surface area (TPSA) is 69.0 Å². The summed E-state index contributed by atoms with van der Waals surface area (Å²) in [6.45, 7) is 1.77. The van der Waals surface area contributed by atoms with Crippen LogP contribution in [0.15, 0.2) is 35.4 Å². The third kappa shape index (κ3) is 1.99. The second-order valence-corrected chi connectivity index (χ2v) is 2.73. The Morgan fingerprint density at radius 2 is 2.08 bits per heavy atom. The zero-order valence-corrected chi connectivity index (χ0v) is 7.38. The summed E-state index contributed by atoms with van der Waals surface area (Å²) >= 11 is 0. The standard InChI is InChI=1S/C9H11N3O/c1-2-9(13,11-12-10)8-6-4-3-5-7-8/h3-7,13H,2H2,1H3. The highest BCUT2D eigenvalue weighted by molar-refractivity contribution is 5.21. The lowest BCUT2D eigenvalue weighted by molar-refractivity contribution is 0.0399. The maximum absolute atomic E-state index is 9.87. The molecule has 1 rings (SSSR count). The van der Waals surface area contributed by atoms with Gasteiger partial charge in [0.25, 0.3) is 0 Å². The molecule has 4 nitrogen and oxygen atoms in total. The molecule has 4 heteroatoms. The van der Waals surface area contributed by atoms with Crippen molar-refractivity contribution in [2.45, 2.75) is 19.1 Å². The van der Waals surface area contributed by atoms with E-state index < -0.39 is 5.72 Å².